The first-order chi connectivity index (χ1) is 8.09. The smallest absolute Gasteiger partial charge is 0.119 e. The zero-order valence-corrected chi connectivity index (χ0v) is 11.2. The first kappa shape index (κ1) is 12.5. The largest absolute Gasteiger partial charge is 0.508 e. The van der Waals surface area contributed by atoms with Crippen LogP contribution in [0.1, 0.15) is 51.5 Å². The van der Waals surface area contributed by atoms with Gasteiger partial charge in [0.15, 0.2) is 0 Å². The van der Waals surface area contributed by atoms with Crippen LogP contribution in [-0.4, -0.2) is 5.11 Å². The Morgan fingerprint density at radius 1 is 1.18 bits per heavy atom. The molecule has 1 aromatic rings. The quantitative estimate of drug-likeness (QED) is 0.792. The summed E-state index contributed by atoms with van der Waals surface area (Å²) in [7, 11) is 0. The summed E-state index contributed by atoms with van der Waals surface area (Å²) in [5.74, 6) is 3.23. The summed E-state index contributed by atoms with van der Waals surface area (Å²) >= 11 is 0. The fourth-order valence-corrected chi connectivity index (χ4v) is 3.36. The third kappa shape index (κ3) is 2.65. The Morgan fingerprint density at radius 3 is 2.53 bits per heavy atom. The van der Waals surface area contributed by atoms with E-state index < -0.39 is 0 Å². The Labute approximate surface area is 105 Å². The lowest BCUT2D eigenvalue weighted by Crippen LogP contribution is -2.26. The zero-order valence-electron chi connectivity index (χ0n) is 11.2. The first-order valence-corrected chi connectivity index (χ1v) is 6.87. The molecule has 17 heavy (non-hydrogen) atoms. The molecule has 1 aliphatic carbocycles. The molecule has 94 valence electrons. The summed E-state index contributed by atoms with van der Waals surface area (Å²) in [6.45, 7) is 6.96. The van der Waals surface area contributed by atoms with Crippen LogP contribution in [0.15, 0.2) is 24.3 Å². The van der Waals surface area contributed by atoms with Crippen molar-refractivity contribution in [1.29, 1.82) is 0 Å². The molecule has 2 rings (SSSR count). The van der Waals surface area contributed by atoms with Crippen LogP contribution in [0.5, 0.6) is 5.75 Å². The van der Waals surface area contributed by atoms with Gasteiger partial charge in [0.1, 0.15) is 5.75 Å². The van der Waals surface area contributed by atoms with E-state index in [1.807, 2.05) is 18.2 Å². The van der Waals surface area contributed by atoms with Gasteiger partial charge in [-0.15, -0.1) is 0 Å². The molecule has 0 spiro atoms. The minimum absolute atomic E-state index is 0.484. The van der Waals surface area contributed by atoms with Gasteiger partial charge in [0.2, 0.25) is 0 Å². The van der Waals surface area contributed by atoms with Crippen molar-refractivity contribution in [3.8, 4) is 5.75 Å². The summed E-state index contributed by atoms with van der Waals surface area (Å²) in [5, 5.41) is 10.0. The van der Waals surface area contributed by atoms with E-state index in [9.17, 15) is 5.11 Å². The van der Waals surface area contributed by atoms with Crippen molar-refractivity contribution in [2.75, 3.05) is 0 Å². The van der Waals surface area contributed by atoms with E-state index in [1.165, 1.54) is 19.3 Å². The normalized spacial score (nSPS) is 29.5. The third-order valence-corrected chi connectivity index (χ3v) is 4.36. The molecule has 1 fully saturated rings. The van der Waals surface area contributed by atoms with E-state index >= 15 is 0 Å². The topological polar surface area (TPSA) is 20.2 Å². The van der Waals surface area contributed by atoms with Crippen LogP contribution in [0, 0.1) is 17.8 Å². The number of phenolic OH excluding ortho intramolecular Hbond substituents is 1. The predicted molar refractivity (Wildman–Crippen MR) is 72.2 cm³/mol. The van der Waals surface area contributed by atoms with Crippen molar-refractivity contribution in [2.45, 2.75) is 46.0 Å². The van der Waals surface area contributed by atoms with Crippen molar-refractivity contribution in [3.63, 3.8) is 0 Å². The van der Waals surface area contributed by atoms with Gasteiger partial charge in [0, 0.05) is 0 Å². The highest BCUT2D eigenvalue weighted by atomic mass is 16.3. The molecule has 1 saturated carbocycles. The monoisotopic (exact) mass is 232 g/mol. The van der Waals surface area contributed by atoms with Gasteiger partial charge in [0.05, 0.1) is 0 Å². The lowest BCUT2D eigenvalue weighted by Gasteiger charge is -2.38. The second-order valence-electron chi connectivity index (χ2n) is 5.99. The van der Waals surface area contributed by atoms with Gasteiger partial charge < -0.3 is 5.11 Å². The average Bonchev–Trinajstić information content (AvgIpc) is 2.29. The minimum atomic E-state index is 0.484. The van der Waals surface area contributed by atoms with Crippen LogP contribution in [-0.2, 0) is 0 Å². The summed E-state index contributed by atoms with van der Waals surface area (Å²) in [5.41, 5.74) is 1.16. The third-order valence-electron chi connectivity index (χ3n) is 4.36. The molecule has 3 atom stereocenters. The standard InChI is InChI=1S/C16H24O/c1-11(2)13-9-8-12(3)10-15(13)14-6-4-5-7-16(14)17/h4-7,11-13,15,17H,8-10H2,1-3H3/t12-,13+,15+/m0/s1. The van der Waals surface area contributed by atoms with Gasteiger partial charge in [-0.2, -0.15) is 0 Å². The molecule has 0 aromatic heterocycles. The Balaban J connectivity index is 2.29. The molecule has 1 aliphatic rings. The lowest BCUT2D eigenvalue weighted by atomic mass is 9.67. The molecule has 1 N–H and O–H groups in total. The van der Waals surface area contributed by atoms with Crippen LogP contribution in [0.25, 0.3) is 0 Å². The SMILES string of the molecule is CC(C)[C@H]1CC[C@H](C)C[C@H]1c1ccccc1O. The van der Waals surface area contributed by atoms with Crippen molar-refractivity contribution in [2.24, 2.45) is 17.8 Å². The van der Waals surface area contributed by atoms with E-state index in [2.05, 4.69) is 26.8 Å². The molecular formula is C16H24O. The van der Waals surface area contributed by atoms with Crippen LogP contribution in [0.2, 0.25) is 0 Å². The van der Waals surface area contributed by atoms with Crippen LogP contribution < -0.4 is 0 Å². The van der Waals surface area contributed by atoms with Gasteiger partial charge >= 0.3 is 0 Å². The number of hydrogen-bond donors (Lipinski definition) is 1. The molecule has 1 nitrogen and oxygen atoms in total. The van der Waals surface area contributed by atoms with Gasteiger partial charge in [0.25, 0.3) is 0 Å². The zero-order chi connectivity index (χ0) is 12.4. The first-order valence-electron chi connectivity index (χ1n) is 6.87. The van der Waals surface area contributed by atoms with Crippen molar-refractivity contribution < 1.29 is 5.11 Å². The highest BCUT2D eigenvalue weighted by molar-refractivity contribution is 5.35. The highest BCUT2D eigenvalue weighted by Gasteiger charge is 2.32. The molecule has 0 radical (unpaired) electrons. The van der Waals surface area contributed by atoms with Crippen molar-refractivity contribution >= 4 is 0 Å². The fraction of sp³-hybridized carbons (Fsp3) is 0.625. The Hall–Kier alpha value is -0.980. The van der Waals surface area contributed by atoms with E-state index in [4.69, 9.17) is 0 Å². The average molecular weight is 232 g/mol. The number of benzene rings is 1. The molecule has 0 saturated heterocycles. The van der Waals surface area contributed by atoms with Gasteiger partial charge in [-0.25, -0.2) is 0 Å². The number of hydrogen-bond acceptors (Lipinski definition) is 1. The Bertz CT molecular complexity index is 370. The van der Waals surface area contributed by atoms with E-state index in [1.54, 1.807) is 0 Å². The summed E-state index contributed by atoms with van der Waals surface area (Å²) in [6.07, 6.45) is 3.87. The van der Waals surface area contributed by atoms with Crippen molar-refractivity contribution in [1.82, 2.24) is 0 Å². The van der Waals surface area contributed by atoms with Gasteiger partial charge in [-0.3, -0.25) is 0 Å². The number of phenols is 1. The lowest BCUT2D eigenvalue weighted by molar-refractivity contribution is 0.194. The summed E-state index contributed by atoms with van der Waals surface area (Å²) in [4.78, 5) is 0. The van der Waals surface area contributed by atoms with Crippen molar-refractivity contribution in [3.05, 3.63) is 29.8 Å². The maximum Gasteiger partial charge on any atom is 0.119 e. The Morgan fingerprint density at radius 2 is 1.88 bits per heavy atom. The van der Waals surface area contributed by atoms with E-state index in [0.29, 0.717) is 17.6 Å². The molecular weight excluding hydrogens is 208 g/mol. The molecule has 0 unspecified atom stereocenters. The minimum Gasteiger partial charge on any atom is -0.508 e. The summed E-state index contributed by atoms with van der Waals surface area (Å²) in [6, 6.07) is 7.89. The Kier molecular flexibility index (Phi) is 3.76. The second kappa shape index (κ2) is 5.12. The van der Waals surface area contributed by atoms with E-state index in [-0.39, 0.29) is 0 Å². The molecule has 0 heterocycles. The van der Waals surface area contributed by atoms with Crippen LogP contribution >= 0.6 is 0 Å². The highest BCUT2D eigenvalue weighted by Crippen LogP contribution is 2.45. The van der Waals surface area contributed by atoms with Gasteiger partial charge in [-0.05, 0) is 48.1 Å². The fourth-order valence-electron chi connectivity index (χ4n) is 3.36. The summed E-state index contributed by atoms with van der Waals surface area (Å²) < 4.78 is 0. The number of para-hydroxylation sites is 1. The molecule has 0 amide bonds. The maximum absolute atomic E-state index is 10.0. The maximum atomic E-state index is 10.0. The molecule has 0 aliphatic heterocycles. The van der Waals surface area contributed by atoms with E-state index in [0.717, 1.165) is 17.4 Å². The van der Waals surface area contributed by atoms with Crippen LogP contribution in [0.4, 0.5) is 0 Å². The van der Waals surface area contributed by atoms with Gasteiger partial charge in [-0.1, -0.05) is 45.4 Å². The predicted octanol–water partition coefficient (Wildman–Crippen LogP) is 4.57. The molecule has 0 bridgehead atoms. The van der Waals surface area contributed by atoms with Crippen LogP contribution in [0.3, 0.4) is 0 Å². The molecule has 1 aromatic carbocycles. The number of rotatable bonds is 2. The number of aromatic hydroxyl groups is 1. The second-order valence-corrected chi connectivity index (χ2v) is 5.99. The molecule has 1 heteroatoms.